The highest BCUT2D eigenvalue weighted by Crippen LogP contribution is 2.03. The first-order chi connectivity index (χ1) is 7.74. The summed E-state index contributed by atoms with van der Waals surface area (Å²) in [4.78, 5) is 11.2. The quantitative estimate of drug-likeness (QED) is 0.462. The summed E-state index contributed by atoms with van der Waals surface area (Å²) >= 11 is 0. The second-order valence-corrected chi connectivity index (χ2v) is 3.58. The number of nitrogens with one attached hydrogen (secondary N) is 1. The Morgan fingerprint density at radius 2 is 1.81 bits per heavy atom. The Labute approximate surface area is 98.7 Å². The van der Waals surface area contributed by atoms with Crippen LogP contribution in [0.3, 0.4) is 0 Å². The molecule has 4 heteroatoms. The van der Waals surface area contributed by atoms with Crippen molar-refractivity contribution in [1.29, 1.82) is 0 Å². The van der Waals surface area contributed by atoms with Gasteiger partial charge in [0.15, 0.2) is 6.29 Å². The highest BCUT2D eigenvalue weighted by molar-refractivity contribution is 5.75. The standard InChI is InChI=1S/C12H25NO3/c1-4-8-11(14)13-10-7-9-12(15-5-2)16-6-3/h12H,4-10H2,1-3H3,(H,13,14). The van der Waals surface area contributed by atoms with E-state index in [9.17, 15) is 4.79 Å². The third-order valence-electron chi connectivity index (χ3n) is 2.12. The van der Waals surface area contributed by atoms with E-state index in [1.54, 1.807) is 0 Å². The monoisotopic (exact) mass is 231 g/mol. The molecule has 0 aromatic carbocycles. The van der Waals surface area contributed by atoms with Gasteiger partial charge in [0.25, 0.3) is 0 Å². The van der Waals surface area contributed by atoms with E-state index in [1.807, 2.05) is 20.8 Å². The Bertz CT molecular complexity index is 168. The number of carbonyl (C=O) groups excluding carboxylic acids is 1. The molecule has 0 aliphatic rings. The van der Waals surface area contributed by atoms with E-state index >= 15 is 0 Å². The Kier molecular flexibility index (Phi) is 10.5. The minimum atomic E-state index is -0.127. The molecule has 0 bridgehead atoms. The summed E-state index contributed by atoms with van der Waals surface area (Å²) in [6.07, 6.45) is 3.10. The molecule has 0 aliphatic heterocycles. The van der Waals surface area contributed by atoms with Crippen molar-refractivity contribution >= 4 is 5.91 Å². The van der Waals surface area contributed by atoms with Gasteiger partial charge in [0.2, 0.25) is 5.91 Å². The van der Waals surface area contributed by atoms with Crippen molar-refractivity contribution in [3.05, 3.63) is 0 Å². The maximum absolute atomic E-state index is 11.2. The van der Waals surface area contributed by atoms with E-state index in [0.29, 0.717) is 26.2 Å². The van der Waals surface area contributed by atoms with Crippen LogP contribution in [0.1, 0.15) is 46.5 Å². The van der Waals surface area contributed by atoms with Gasteiger partial charge < -0.3 is 14.8 Å². The number of amides is 1. The zero-order chi connectivity index (χ0) is 12.2. The van der Waals surface area contributed by atoms with E-state index in [1.165, 1.54) is 0 Å². The lowest BCUT2D eigenvalue weighted by molar-refractivity contribution is -0.140. The maximum atomic E-state index is 11.2. The molecule has 0 saturated carbocycles. The number of carbonyl (C=O) groups is 1. The average molecular weight is 231 g/mol. The molecule has 0 saturated heterocycles. The molecule has 0 radical (unpaired) electrons. The Morgan fingerprint density at radius 1 is 1.19 bits per heavy atom. The second kappa shape index (κ2) is 10.9. The molecule has 0 heterocycles. The van der Waals surface area contributed by atoms with Crippen LogP contribution >= 0.6 is 0 Å². The van der Waals surface area contributed by atoms with Crippen molar-refractivity contribution in [2.45, 2.75) is 52.7 Å². The van der Waals surface area contributed by atoms with Gasteiger partial charge in [0.1, 0.15) is 0 Å². The zero-order valence-electron chi connectivity index (χ0n) is 10.8. The lowest BCUT2D eigenvalue weighted by atomic mass is 10.3. The molecule has 0 unspecified atom stereocenters. The van der Waals surface area contributed by atoms with Gasteiger partial charge in [0.05, 0.1) is 0 Å². The number of hydrogen-bond acceptors (Lipinski definition) is 3. The minimum absolute atomic E-state index is 0.127. The predicted molar refractivity (Wildman–Crippen MR) is 64.2 cm³/mol. The molecule has 0 aliphatic carbocycles. The predicted octanol–water partition coefficient (Wildman–Crippen LogP) is 2.08. The fraction of sp³-hybridized carbons (Fsp3) is 0.917. The Balaban J connectivity index is 3.49. The summed E-state index contributed by atoms with van der Waals surface area (Å²) in [5, 5.41) is 2.87. The number of hydrogen-bond donors (Lipinski definition) is 1. The van der Waals surface area contributed by atoms with Crippen LogP contribution in [0.25, 0.3) is 0 Å². The van der Waals surface area contributed by atoms with Gasteiger partial charge in [0, 0.05) is 32.6 Å². The summed E-state index contributed by atoms with van der Waals surface area (Å²) < 4.78 is 10.8. The van der Waals surface area contributed by atoms with Crippen molar-refractivity contribution in [2.24, 2.45) is 0 Å². The fourth-order valence-corrected chi connectivity index (χ4v) is 1.40. The molecule has 4 nitrogen and oxygen atoms in total. The second-order valence-electron chi connectivity index (χ2n) is 3.58. The van der Waals surface area contributed by atoms with Gasteiger partial charge in [-0.2, -0.15) is 0 Å². The van der Waals surface area contributed by atoms with Gasteiger partial charge in [-0.3, -0.25) is 4.79 Å². The molecule has 0 atom stereocenters. The summed E-state index contributed by atoms with van der Waals surface area (Å²) in [5.41, 5.74) is 0. The molecule has 0 fully saturated rings. The summed E-state index contributed by atoms with van der Waals surface area (Å²) in [6, 6.07) is 0. The van der Waals surface area contributed by atoms with Crippen LogP contribution in [0.15, 0.2) is 0 Å². The smallest absolute Gasteiger partial charge is 0.219 e. The molecule has 1 N–H and O–H groups in total. The Morgan fingerprint density at radius 3 is 2.31 bits per heavy atom. The highest BCUT2D eigenvalue weighted by Gasteiger charge is 2.07. The lowest BCUT2D eigenvalue weighted by Crippen LogP contribution is -2.25. The molecule has 0 rings (SSSR count). The fourth-order valence-electron chi connectivity index (χ4n) is 1.40. The largest absolute Gasteiger partial charge is 0.356 e. The average Bonchev–Trinajstić information content (AvgIpc) is 2.25. The van der Waals surface area contributed by atoms with Crippen molar-refractivity contribution < 1.29 is 14.3 Å². The Hall–Kier alpha value is -0.610. The SMILES string of the molecule is CCCC(=O)NCCCC(OCC)OCC. The van der Waals surface area contributed by atoms with Crippen molar-refractivity contribution in [3.8, 4) is 0 Å². The van der Waals surface area contributed by atoms with Gasteiger partial charge in [-0.1, -0.05) is 6.92 Å². The van der Waals surface area contributed by atoms with Gasteiger partial charge in [-0.25, -0.2) is 0 Å². The van der Waals surface area contributed by atoms with E-state index in [0.717, 1.165) is 19.3 Å². The van der Waals surface area contributed by atoms with Gasteiger partial charge >= 0.3 is 0 Å². The molecule has 0 aromatic rings. The highest BCUT2D eigenvalue weighted by atomic mass is 16.7. The van der Waals surface area contributed by atoms with Crippen molar-refractivity contribution in [1.82, 2.24) is 5.32 Å². The number of rotatable bonds is 10. The third-order valence-corrected chi connectivity index (χ3v) is 2.12. The van der Waals surface area contributed by atoms with E-state index in [2.05, 4.69) is 5.32 Å². The normalized spacial score (nSPS) is 10.8. The van der Waals surface area contributed by atoms with Crippen LogP contribution in [0.2, 0.25) is 0 Å². The topological polar surface area (TPSA) is 47.6 Å². The first-order valence-electron chi connectivity index (χ1n) is 6.24. The van der Waals surface area contributed by atoms with Crippen LogP contribution in [0.5, 0.6) is 0 Å². The third kappa shape index (κ3) is 8.68. The van der Waals surface area contributed by atoms with Crippen LogP contribution < -0.4 is 5.32 Å². The van der Waals surface area contributed by atoms with Crippen molar-refractivity contribution in [2.75, 3.05) is 19.8 Å². The summed E-state index contributed by atoms with van der Waals surface area (Å²) in [5.74, 6) is 0.131. The van der Waals surface area contributed by atoms with E-state index in [-0.39, 0.29) is 12.2 Å². The minimum Gasteiger partial charge on any atom is -0.356 e. The summed E-state index contributed by atoms with van der Waals surface area (Å²) in [7, 11) is 0. The number of ether oxygens (including phenoxy) is 2. The molecule has 96 valence electrons. The van der Waals surface area contributed by atoms with Crippen molar-refractivity contribution in [3.63, 3.8) is 0 Å². The van der Waals surface area contributed by atoms with Crippen LogP contribution in [0, 0.1) is 0 Å². The molecule has 1 amide bonds. The first-order valence-corrected chi connectivity index (χ1v) is 6.24. The molecule has 0 aromatic heterocycles. The zero-order valence-corrected chi connectivity index (χ0v) is 10.8. The lowest BCUT2D eigenvalue weighted by Gasteiger charge is -2.16. The van der Waals surface area contributed by atoms with Gasteiger partial charge in [-0.15, -0.1) is 0 Å². The molecular weight excluding hydrogens is 206 g/mol. The van der Waals surface area contributed by atoms with E-state index < -0.39 is 0 Å². The molecule has 0 spiro atoms. The summed E-state index contributed by atoms with van der Waals surface area (Å²) in [6.45, 7) is 7.93. The van der Waals surface area contributed by atoms with E-state index in [4.69, 9.17) is 9.47 Å². The molecular formula is C12H25NO3. The van der Waals surface area contributed by atoms with Crippen LogP contribution in [0.4, 0.5) is 0 Å². The van der Waals surface area contributed by atoms with Crippen LogP contribution in [-0.4, -0.2) is 32.0 Å². The first kappa shape index (κ1) is 15.4. The molecule has 16 heavy (non-hydrogen) atoms. The van der Waals surface area contributed by atoms with Gasteiger partial charge in [-0.05, 0) is 26.7 Å². The van der Waals surface area contributed by atoms with Crippen LogP contribution in [-0.2, 0) is 14.3 Å². The maximum Gasteiger partial charge on any atom is 0.219 e.